The number of fused-ring (bicyclic) bond motifs is 1. The molecule has 1 aromatic rings. The van der Waals surface area contributed by atoms with Gasteiger partial charge in [0.1, 0.15) is 6.34 Å². The zero-order chi connectivity index (χ0) is 14.7. The largest absolute Gasteiger partial charge is 0.347 e. The molecule has 0 aromatic heterocycles. The van der Waals surface area contributed by atoms with Crippen molar-refractivity contribution in [2.75, 3.05) is 25.1 Å². The van der Waals surface area contributed by atoms with Gasteiger partial charge in [-0.25, -0.2) is 10.0 Å². The highest BCUT2D eigenvalue weighted by atomic mass is 35.5. The molecule has 2 atom stereocenters. The molecule has 0 radical (unpaired) electrons. The number of para-hydroxylation sites is 1. The van der Waals surface area contributed by atoms with Crippen LogP contribution in [0.25, 0.3) is 0 Å². The molecule has 1 saturated heterocycles. The number of hydrogen-bond donors (Lipinski definition) is 2. The maximum absolute atomic E-state index is 9.25. The van der Waals surface area contributed by atoms with Gasteiger partial charge >= 0.3 is 0 Å². The summed E-state index contributed by atoms with van der Waals surface area (Å²) >= 11 is 6.49. The van der Waals surface area contributed by atoms with Gasteiger partial charge in [0.2, 0.25) is 5.79 Å². The van der Waals surface area contributed by atoms with Crippen LogP contribution in [0.1, 0.15) is 5.56 Å². The smallest absolute Gasteiger partial charge is 0.216 e. The van der Waals surface area contributed by atoms with E-state index in [2.05, 4.69) is 16.5 Å². The molecular weight excluding hydrogens is 290 g/mol. The Balaban J connectivity index is 1.97. The van der Waals surface area contributed by atoms with Gasteiger partial charge in [-0.3, -0.25) is 10.7 Å². The Hall–Kier alpha value is -1.85. The van der Waals surface area contributed by atoms with Crippen LogP contribution in [0.3, 0.4) is 0 Å². The molecule has 108 valence electrons. The molecule has 8 heteroatoms. The predicted molar refractivity (Wildman–Crippen MR) is 78.7 cm³/mol. The number of hydrogen-bond acceptors (Lipinski definition) is 7. The third-order valence-electron chi connectivity index (χ3n) is 4.50. The van der Waals surface area contributed by atoms with Crippen molar-refractivity contribution in [3.8, 4) is 6.19 Å². The fraction of sp³-hybridized carbons (Fsp3) is 0.385. The van der Waals surface area contributed by atoms with E-state index in [9.17, 15) is 5.26 Å². The van der Waals surface area contributed by atoms with Crippen molar-refractivity contribution in [2.24, 2.45) is 10.8 Å². The highest BCUT2D eigenvalue weighted by Crippen LogP contribution is 2.54. The van der Waals surface area contributed by atoms with Crippen LogP contribution >= 0.6 is 11.8 Å². The highest BCUT2D eigenvalue weighted by molar-refractivity contribution is 6.14. The van der Waals surface area contributed by atoms with Crippen molar-refractivity contribution in [1.82, 2.24) is 14.3 Å². The number of nitriles is 1. The molecule has 3 heterocycles. The van der Waals surface area contributed by atoms with Crippen molar-refractivity contribution in [3.63, 3.8) is 0 Å². The summed E-state index contributed by atoms with van der Waals surface area (Å²) in [6, 6.07) is 7.99. The van der Waals surface area contributed by atoms with E-state index >= 15 is 0 Å². The van der Waals surface area contributed by atoms with E-state index < -0.39 is 11.2 Å². The Bertz CT molecular complexity index is 671. The molecular formula is C13H14ClN7. The first kappa shape index (κ1) is 12.9. The molecule has 1 fully saturated rings. The first-order valence-electron chi connectivity index (χ1n) is 6.64. The molecule has 0 aliphatic carbocycles. The van der Waals surface area contributed by atoms with Gasteiger partial charge in [0.15, 0.2) is 6.19 Å². The van der Waals surface area contributed by atoms with Gasteiger partial charge in [-0.1, -0.05) is 18.2 Å². The number of hydrazine groups is 1. The van der Waals surface area contributed by atoms with E-state index in [-0.39, 0.29) is 0 Å². The average molecular weight is 304 g/mol. The van der Waals surface area contributed by atoms with Crippen molar-refractivity contribution < 1.29 is 0 Å². The van der Waals surface area contributed by atoms with Crippen molar-refractivity contribution >= 4 is 23.8 Å². The summed E-state index contributed by atoms with van der Waals surface area (Å²) in [5.74, 6) is 5.25. The lowest BCUT2D eigenvalue weighted by Crippen LogP contribution is -2.74. The minimum absolute atomic E-state index is 0.383. The molecule has 0 saturated carbocycles. The van der Waals surface area contributed by atoms with Crippen LogP contribution in [0.5, 0.6) is 0 Å². The van der Waals surface area contributed by atoms with Gasteiger partial charge in [0.05, 0.1) is 18.6 Å². The molecule has 1 aromatic carbocycles. The van der Waals surface area contributed by atoms with E-state index in [1.165, 1.54) is 4.90 Å². The summed E-state index contributed by atoms with van der Waals surface area (Å²) in [4.78, 5) is 6.12. The predicted octanol–water partition coefficient (Wildman–Crippen LogP) is 0.431. The fourth-order valence-corrected chi connectivity index (χ4v) is 4.05. The van der Waals surface area contributed by atoms with E-state index in [0.717, 1.165) is 11.3 Å². The first-order chi connectivity index (χ1) is 10.1. The van der Waals surface area contributed by atoms with Crippen molar-refractivity contribution in [2.45, 2.75) is 11.2 Å². The van der Waals surface area contributed by atoms with E-state index in [1.807, 2.05) is 24.3 Å². The summed E-state index contributed by atoms with van der Waals surface area (Å²) in [6.07, 6.45) is 3.68. The Kier molecular flexibility index (Phi) is 2.50. The first-order valence-corrected chi connectivity index (χ1v) is 6.98. The van der Waals surface area contributed by atoms with Crippen LogP contribution in [0.2, 0.25) is 0 Å². The molecule has 4 rings (SSSR count). The second-order valence-corrected chi connectivity index (χ2v) is 6.06. The SMILES string of the molecule is N#CN1C=NC23Nc4ccccc4C2(C1)CN(N)CN3Cl. The van der Waals surface area contributed by atoms with Gasteiger partial charge in [-0.05, 0) is 23.4 Å². The molecule has 21 heavy (non-hydrogen) atoms. The number of benzene rings is 1. The van der Waals surface area contributed by atoms with Crippen LogP contribution in [-0.2, 0) is 5.41 Å². The monoisotopic (exact) mass is 303 g/mol. The second kappa shape index (κ2) is 4.08. The minimum atomic E-state index is -0.804. The number of nitrogens with one attached hydrogen (secondary N) is 1. The molecule has 7 nitrogen and oxygen atoms in total. The van der Waals surface area contributed by atoms with Gasteiger partial charge in [0.25, 0.3) is 0 Å². The number of nitrogens with two attached hydrogens (primary N) is 1. The lowest BCUT2D eigenvalue weighted by Gasteiger charge is -2.54. The van der Waals surface area contributed by atoms with Crippen molar-refractivity contribution in [3.05, 3.63) is 29.8 Å². The molecule has 0 amide bonds. The van der Waals surface area contributed by atoms with Crippen LogP contribution in [0.15, 0.2) is 29.3 Å². The normalized spacial score (nSPS) is 34.6. The second-order valence-electron chi connectivity index (χ2n) is 5.65. The van der Waals surface area contributed by atoms with Crippen LogP contribution in [-0.4, -0.2) is 46.2 Å². The summed E-state index contributed by atoms with van der Waals surface area (Å²) in [6.45, 7) is 1.43. The topological polar surface area (TPSA) is 83.9 Å². The number of aliphatic imine (C=N–C) groups is 1. The highest BCUT2D eigenvalue weighted by Gasteiger charge is 2.66. The summed E-state index contributed by atoms with van der Waals surface area (Å²) in [5, 5.41) is 14.3. The third-order valence-corrected chi connectivity index (χ3v) is 4.85. The van der Waals surface area contributed by atoms with Crippen molar-refractivity contribution in [1.29, 1.82) is 5.26 Å². The minimum Gasteiger partial charge on any atom is -0.347 e. The number of anilines is 1. The standard InChI is InChI=1S/C13H14ClN7/c14-21-9-20(16)6-12-5-19(7-15)8-17-13(12,21)18-11-4-2-1-3-10(11)12/h1-4,8,18H,5-6,9,16H2. The number of rotatable bonds is 0. The van der Waals surface area contributed by atoms with Crippen LogP contribution in [0, 0.1) is 11.5 Å². The Morgan fingerprint density at radius 3 is 3.00 bits per heavy atom. The number of halogens is 1. The molecule has 2 unspecified atom stereocenters. The number of nitrogens with zero attached hydrogens (tertiary/aromatic N) is 5. The Morgan fingerprint density at radius 2 is 2.19 bits per heavy atom. The maximum Gasteiger partial charge on any atom is 0.216 e. The van der Waals surface area contributed by atoms with Gasteiger partial charge < -0.3 is 5.32 Å². The molecule has 3 aliphatic heterocycles. The van der Waals surface area contributed by atoms with Crippen LogP contribution < -0.4 is 11.2 Å². The van der Waals surface area contributed by atoms with Crippen LogP contribution in [0.4, 0.5) is 5.69 Å². The molecule has 0 spiro atoms. The van der Waals surface area contributed by atoms with Gasteiger partial charge in [-0.2, -0.15) is 9.68 Å². The quantitative estimate of drug-likeness (QED) is 0.411. The van der Waals surface area contributed by atoms with E-state index in [0.29, 0.717) is 19.8 Å². The molecule has 0 bridgehead atoms. The lowest BCUT2D eigenvalue weighted by molar-refractivity contribution is -0.0230. The zero-order valence-corrected chi connectivity index (χ0v) is 12.0. The maximum atomic E-state index is 9.25. The lowest BCUT2D eigenvalue weighted by atomic mass is 9.74. The Labute approximate surface area is 127 Å². The van der Waals surface area contributed by atoms with E-state index in [1.54, 1.807) is 15.8 Å². The molecule has 3 aliphatic rings. The molecule has 3 N–H and O–H groups in total. The summed E-state index contributed by atoms with van der Waals surface area (Å²) < 4.78 is 1.59. The van der Waals surface area contributed by atoms with E-state index in [4.69, 9.17) is 17.6 Å². The van der Waals surface area contributed by atoms with Gasteiger partial charge in [-0.15, -0.1) is 0 Å². The Morgan fingerprint density at radius 1 is 1.38 bits per heavy atom. The summed E-state index contributed by atoms with van der Waals surface area (Å²) in [7, 11) is 0. The summed E-state index contributed by atoms with van der Waals surface area (Å²) in [5.41, 5.74) is 1.57. The third kappa shape index (κ3) is 1.45. The fourth-order valence-electron chi connectivity index (χ4n) is 3.66. The van der Waals surface area contributed by atoms with Gasteiger partial charge in [0, 0.05) is 12.2 Å². The average Bonchev–Trinajstić information content (AvgIpc) is 2.77. The zero-order valence-electron chi connectivity index (χ0n) is 11.2.